The van der Waals surface area contributed by atoms with E-state index in [1.807, 2.05) is 66.5 Å². The first-order valence-electron chi connectivity index (χ1n) is 10.8. The molecule has 0 saturated heterocycles. The third-order valence-electron chi connectivity index (χ3n) is 5.22. The summed E-state index contributed by atoms with van der Waals surface area (Å²) in [6.45, 7) is 5.51. The van der Waals surface area contributed by atoms with Crippen LogP contribution in [0.5, 0.6) is 0 Å². The zero-order valence-corrected chi connectivity index (χ0v) is 19.2. The van der Waals surface area contributed by atoms with Crippen LogP contribution in [0, 0.1) is 0 Å². The van der Waals surface area contributed by atoms with Crippen molar-refractivity contribution >= 4 is 28.6 Å². The maximum absolute atomic E-state index is 13.2. The highest BCUT2D eigenvalue weighted by atomic mass is 16.6. The maximum Gasteiger partial charge on any atom is 0.408 e. The summed E-state index contributed by atoms with van der Waals surface area (Å²) in [7, 11) is 1.96. The summed E-state index contributed by atoms with van der Waals surface area (Å²) in [4.78, 5) is 25.7. The Morgan fingerprint density at radius 3 is 2.64 bits per heavy atom. The largest absolute Gasteiger partial charge is 0.444 e. The number of ether oxygens (including phenoxy) is 1. The van der Waals surface area contributed by atoms with E-state index in [1.54, 1.807) is 25.2 Å². The third-order valence-corrected chi connectivity index (χ3v) is 5.22. The summed E-state index contributed by atoms with van der Waals surface area (Å²) in [5.41, 5.74) is 2.03. The lowest BCUT2D eigenvalue weighted by atomic mass is 10.0. The number of hydrogen-bond acceptors (Lipinski definition) is 5. The lowest BCUT2D eigenvalue weighted by Crippen LogP contribution is -2.49. The van der Waals surface area contributed by atoms with E-state index in [2.05, 4.69) is 20.8 Å². The van der Waals surface area contributed by atoms with Gasteiger partial charge in [-0.3, -0.25) is 9.20 Å². The van der Waals surface area contributed by atoms with Crippen LogP contribution in [0.2, 0.25) is 0 Å². The number of rotatable bonds is 6. The highest BCUT2D eigenvalue weighted by Gasteiger charge is 2.26. The van der Waals surface area contributed by atoms with E-state index < -0.39 is 17.7 Å². The average Bonchev–Trinajstić information content (AvgIpc) is 3.31. The van der Waals surface area contributed by atoms with Crippen molar-refractivity contribution in [3.8, 4) is 0 Å². The van der Waals surface area contributed by atoms with Gasteiger partial charge in [-0.1, -0.05) is 24.3 Å². The molecule has 3 aromatic heterocycles. The lowest BCUT2D eigenvalue weighted by Gasteiger charge is -2.23. The molecule has 1 atom stereocenters. The van der Waals surface area contributed by atoms with E-state index in [0.29, 0.717) is 17.9 Å². The molecule has 3 heterocycles. The molecule has 2 N–H and O–H groups in total. The van der Waals surface area contributed by atoms with Gasteiger partial charge in [-0.15, -0.1) is 10.2 Å². The number of hydrogen-bond donors (Lipinski definition) is 2. The normalized spacial score (nSPS) is 12.6. The summed E-state index contributed by atoms with van der Waals surface area (Å²) in [6, 6.07) is 12.7. The number of alkyl carbamates (subject to hydrolysis) is 1. The molecule has 33 heavy (non-hydrogen) atoms. The molecule has 4 aromatic rings. The van der Waals surface area contributed by atoms with Crippen molar-refractivity contribution in [3.05, 3.63) is 66.2 Å². The molecule has 2 amide bonds. The second kappa shape index (κ2) is 8.93. The quantitative estimate of drug-likeness (QED) is 0.472. The van der Waals surface area contributed by atoms with Gasteiger partial charge in [-0.05, 0) is 44.5 Å². The van der Waals surface area contributed by atoms with Crippen molar-refractivity contribution in [2.24, 2.45) is 7.05 Å². The van der Waals surface area contributed by atoms with E-state index >= 15 is 0 Å². The molecule has 1 aromatic carbocycles. The van der Waals surface area contributed by atoms with Crippen LogP contribution in [0.4, 0.5) is 4.79 Å². The number of nitrogens with one attached hydrogen (secondary N) is 2. The highest BCUT2D eigenvalue weighted by molar-refractivity contribution is 5.88. The Morgan fingerprint density at radius 1 is 1.09 bits per heavy atom. The van der Waals surface area contributed by atoms with Crippen LogP contribution in [0.3, 0.4) is 0 Å². The van der Waals surface area contributed by atoms with Crippen molar-refractivity contribution in [3.63, 3.8) is 0 Å². The fourth-order valence-electron chi connectivity index (χ4n) is 3.77. The van der Waals surface area contributed by atoms with Crippen molar-refractivity contribution in [1.82, 2.24) is 29.8 Å². The number of pyridine rings is 1. The monoisotopic (exact) mass is 448 g/mol. The Morgan fingerprint density at radius 2 is 1.85 bits per heavy atom. The first kappa shape index (κ1) is 22.3. The Hall–Kier alpha value is -3.88. The zero-order valence-electron chi connectivity index (χ0n) is 19.2. The van der Waals surface area contributed by atoms with Gasteiger partial charge in [0.2, 0.25) is 5.91 Å². The van der Waals surface area contributed by atoms with Crippen LogP contribution in [-0.4, -0.2) is 42.8 Å². The molecule has 9 nitrogen and oxygen atoms in total. The molecule has 0 radical (unpaired) electrons. The van der Waals surface area contributed by atoms with E-state index in [0.717, 1.165) is 16.5 Å². The minimum absolute atomic E-state index is 0.173. The van der Waals surface area contributed by atoms with Crippen LogP contribution >= 0.6 is 0 Å². The molecule has 0 fully saturated rings. The van der Waals surface area contributed by atoms with Crippen molar-refractivity contribution < 1.29 is 14.3 Å². The first-order valence-corrected chi connectivity index (χ1v) is 10.8. The van der Waals surface area contributed by atoms with Crippen molar-refractivity contribution in [1.29, 1.82) is 0 Å². The van der Waals surface area contributed by atoms with Gasteiger partial charge in [0.1, 0.15) is 11.6 Å². The number of aryl methyl sites for hydroxylation is 1. The summed E-state index contributed by atoms with van der Waals surface area (Å²) in [5, 5.41) is 14.9. The molecule has 0 aliphatic heterocycles. The fourth-order valence-corrected chi connectivity index (χ4v) is 3.77. The predicted octanol–water partition coefficient (Wildman–Crippen LogP) is 2.97. The highest BCUT2D eigenvalue weighted by Crippen LogP contribution is 2.22. The molecule has 9 heteroatoms. The van der Waals surface area contributed by atoms with Crippen LogP contribution in [0.25, 0.3) is 16.6 Å². The van der Waals surface area contributed by atoms with E-state index in [9.17, 15) is 9.59 Å². The van der Waals surface area contributed by atoms with E-state index in [4.69, 9.17) is 4.74 Å². The van der Waals surface area contributed by atoms with Gasteiger partial charge in [-0.25, -0.2) is 4.79 Å². The second-order valence-electron chi connectivity index (χ2n) is 8.95. The molecule has 0 saturated carbocycles. The smallest absolute Gasteiger partial charge is 0.408 e. The molecule has 0 spiro atoms. The van der Waals surface area contributed by atoms with E-state index in [-0.39, 0.29) is 12.5 Å². The molecule has 4 rings (SSSR count). The third kappa shape index (κ3) is 5.14. The number of para-hydroxylation sites is 1. The van der Waals surface area contributed by atoms with Crippen LogP contribution in [0.1, 0.15) is 32.2 Å². The van der Waals surface area contributed by atoms with E-state index in [1.165, 1.54) is 0 Å². The Kier molecular flexibility index (Phi) is 6.04. The fraction of sp³-hybridized carbons (Fsp3) is 0.333. The summed E-state index contributed by atoms with van der Waals surface area (Å²) in [5.74, 6) is 0.265. The molecule has 0 aliphatic carbocycles. The number of amides is 2. The number of aromatic nitrogens is 4. The number of nitrogens with zero attached hydrogens (tertiary/aromatic N) is 4. The molecular weight excluding hydrogens is 420 g/mol. The number of carbonyl (C=O) groups excluding carboxylic acids is 2. The Labute approximate surface area is 191 Å². The van der Waals surface area contributed by atoms with Crippen LogP contribution in [0.15, 0.2) is 54.9 Å². The van der Waals surface area contributed by atoms with Gasteiger partial charge in [0.15, 0.2) is 11.5 Å². The van der Waals surface area contributed by atoms with Crippen molar-refractivity contribution in [2.75, 3.05) is 0 Å². The summed E-state index contributed by atoms with van der Waals surface area (Å²) < 4.78 is 9.21. The number of fused-ring (bicyclic) bond motifs is 2. The standard InChI is InChI=1S/C24H28N6O3/c1-24(2,3)33-23(32)26-18(13-16-15-29(4)19-10-6-5-9-17(16)19)22(31)25-14-21-28-27-20-11-7-8-12-30(20)21/h5-12,15,18H,13-14H2,1-4H3,(H,25,31)(H,26,32)/t18-/m0/s1. The number of carbonyl (C=O) groups is 2. The van der Waals surface area contributed by atoms with Gasteiger partial charge in [0.05, 0.1) is 6.54 Å². The van der Waals surface area contributed by atoms with Gasteiger partial charge >= 0.3 is 6.09 Å². The second-order valence-corrected chi connectivity index (χ2v) is 8.95. The lowest BCUT2D eigenvalue weighted by molar-refractivity contribution is -0.123. The molecule has 172 valence electrons. The predicted molar refractivity (Wildman–Crippen MR) is 125 cm³/mol. The van der Waals surface area contributed by atoms with Gasteiger partial charge in [0.25, 0.3) is 0 Å². The zero-order chi connectivity index (χ0) is 23.6. The van der Waals surface area contributed by atoms with Crippen molar-refractivity contribution in [2.45, 2.75) is 45.4 Å². The van der Waals surface area contributed by atoms with Gasteiger partial charge in [0, 0.05) is 36.8 Å². The molecular formula is C24H28N6O3. The minimum Gasteiger partial charge on any atom is -0.444 e. The Bertz CT molecular complexity index is 1300. The first-order chi connectivity index (χ1) is 15.7. The van der Waals surface area contributed by atoms with Gasteiger partial charge < -0.3 is 19.9 Å². The maximum atomic E-state index is 13.2. The minimum atomic E-state index is -0.829. The van der Waals surface area contributed by atoms with Crippen LogP contribution in [-0.2, 0) is 29.5 Å². The SMILES string of the molecule is Cn1cc(C[C@H](NC(=O)OC(C)(C)C)C(=O)NCc2nnc3ccccn23)c2ccccc21. The van der Waals surface area contributed by atoms with Gasteiger partial charge in [-0.2, -0.15) is 0 Å². The average molecular weight is 449 g/mol. The number of benzene rings is 1. The Balaban J connectivity index is 1.54. The molecule has 0 bridgehead atoms. The summed E-state index contributed by atoms with van der Waals surface area (Å²) >= 11 is 0. The molecule has 0 aliphatic rings. The van der Waals surface area contributed by atoms with Crippen LogP contribution < -0.4 is 10.6 Å². The summed E-state index contributed by atoms with van der Waals surface area (Å²) in [6.07, 6.45) is 3.49. The molecule has 0 unspecified atom stereocenters. The topological polar surface area (TPSA) is 103 Å².